The summed E-state index contributed by atoms with van der Waals surface area (Å²) in [5, 5.41) is 0.923. The normalized spacial score (nSPS) is 16.2. The summed E-state index contributed by atoms with van der Waals surface area (Å²) in [5.41, 5.74) is 2.42. The summed E-state index contributed by atoms with van der Waals surface area (Å²) < 4.78 is 17.2. The molecule has 0 spiro atoms. The lowest BCUT2D eigenvalue weighted by atomic mass is 10.2. The van der Waals surface area contributed by atoms with E-state index in [4.69, 9.17) is 14.2 Å². The van der Waals surface area contributed by atoms with Crippen LogP contribution in [0, 0.1) is 0 Å². The summed E-state index contributed by atoms with van der Waals surface area (Å²) in [7, 11) is 3.24. The molecule has 4 aromatic rings. The Morgan fingerprint density at radius 3 is 2.60 bits per heavy atom. The fourth-order valence-corrected chi connectivity index (χ4v) is 3.88. The highest BCUT2D eigenvalue weighted by molar-refractivity contribution is 5.92. The molecular weight excluding hydrogens is 382 g/mol. The summed E-state index contributed by atoms with van der Waals surface area (Å²) in [6.45, 7) is 1.55. The Morgan fingerprint density at radius 2 is 1.73 bits per heavy atom. The van der Waals surface area contributed by atoms with Crippen molar-refractivity contribution in [2.24, 2.45) is 0 Å². The van der Waals surface area contributed by atoms with Crippen LogP contribution in [0.15, 0.2) is 49.1 Å². The van der Waals surface area contributed by atoms with Gasteiger partial charge in [0, 0.05) is 36.8 Å². The third-order valence-corrected chi connectivity index (χ3v) is 5.32. The molecule has 1 unspecified atom stereocenters. The summed E-state index contributed by atoms with van der Waals surface area (Å²) in [6.07, 6.45) is 5.87. The molecule has 3 heterocycles. The number of para-hydroxylation sites is 1. The molecule has 30 heavy (non-hydrogen) atoms. The lowest BCUT2D eigenvalue weighted by molar-refractivity contribution is 0.227. The van der Waals surface area contributed by atoms with Gasteiger partial charge < -0.3 is 19.1 Å². The zero-order chi connectivity index (χ0) is 20.5. The number of anilines is 1. The molecular formula is C22H21N5O3. The summed E-state index contributed by atoms with van der Waals surface area (Å²) in [6, 6.07) is 9.62. The molecule has 1 fully saturated rings. The van der Waals surface area contributed by atoms with E-state index in [9.17, 15) is 0 Å². The summed E-state index contributed by atoms with van der Waals surface area (Å²) >= 11 is 0. The molecule has 0 saturated carbocycles. The highest BCUT2D eigenvalue weighted by Crippen LogP contribution is 2.36. The molecule has 0 amide bonds. The van der Waals surface area contributed by atoms with E-state index in [1.165, 1.54) is 0 Å². The molecule has 1 aliphatic heterocycles. The lowest BCUT2D eigenvalue weighted by Crippen LogP contribution is -2.25. The van der Waals surface area contributed by atoms with Crippen molar-refractivity contribution in [2.75, 3.05) is 32.2 Å². The summed E-state index contributed by atoms with van der Waals surface area (Å²) in [5.74, 6) is 2.92. The van der Waals surface area contributed by atoms with Gasteiger partial charge in [0.1, 0.15) is 29.5 Å². The molecule has 5 rings (SSSR count). The van der Waals surface area contributed by atoms with Crippen LogP contribution in [-0.2, 0) is 0 Å². The number of methoxy groups -OCH3 is 2. The molecule has 8 nitrogen and oxygen atoms in total. The van der Waals surface area contributed by atoms with Crippen molar-refractivity contribution < 1.29 is 14.2 Å². The average molecular weight is 403 g/mol. The van der Waals surface area contributed by atoms with Crippen LogP contribution in [0.3, 0.4) is 0 Å². The van der Waals surface area contributed by atoms with Crippen molar-refractivity contribution >= 4 is 27.8 Å². The molecule has 1 atom stereocenters. The van der Waals surface area contributed by atoms with Gasteiger partial charge in [-0.2, -0.15) is 0 Å². The zero-order valence-corrected chi connectivity index (χ0v) is 16.8. The Balaban J connectivity index is 1.42. The number of rotatable bonds is 5. The molecule has 8 heteroatoms. The maximum absolute atomic E-state index is 6.30. The van der Waals surface area contributed by atoms with Crippen LogP contribution in [0.5, 0.6) is 17.2 Å². The van der Waals surface area contributed by atoms with Gasteiger partial charge in [0.2, 0.25) is 0 Å². The van der Waals surface area contributed by atoms with Gasteiger partial charge in [0.15, 0.2) is 11.5 Å². The van der Waals surface area contributed by atoms with Gasteiger partial charge in [-0.15, -0.1) is 0 Å². The second-order valence-corrected chi connectivity index (χ2v) is 7.08. The second-order valence-electron chi connectivity index (χ2n) is 7.08. The van der Waals surface area contributed by atoms with E-state index in [1.807, 2.05) is 30.3 Å². The Bertz CT molecular complexity index is 1210. The van der Waals surface area contributed by atoms with E-state index in [0.29, 0.717) is 11.5 Å². The lowest BCUT2D eigenvalue weighted by Gasteiger charge is -2.20. The Morgan fingerprint density at radius 1 is 0.900 bits per heavy atom. The molecule has 0 radical (unpaired) electrons. The maximum Gasteiger partial charge on any atom is 0.162 e. The number of benzene rings is 2. The van der Waals surface area contributed by atoms with E-state index < -0.39 is 0 Å². The molecule has 152 valence electrons. The molecule has 2 aromatic heterocycles. The van der Waals surface area contributed by atoms with E-state index in [2.05, 4.69) is 24.8 Å². The minimum atomic E-state index is 0.0303. The van der Waals surface area contributed by atoms with Crippen molar-refractivity contribution in [1.82, 2.24) is 19.9 Å². The SMILES string of the molecule is COc1cc2ncnc(N3CCC(Oc4cccc5nccnc45)C3)c2cc1OC. The Labute approximate surface area is 173 Å². The van der Waals surface area contributed by atoms with E-state index in [1.54, 1.807) is 32.9 Å². The first kappa shape index (κ1) is 18.4. The van der Waals surface area contributed by atoms with E-state index >= 15 is 0 Å². The first-order valence-electron chi connectivity index (χ1n) is 9.75. The van der Waals surface area contributed by atoms with Crippen LogP contribution in [0.4, 0.5) is 5.82 Å². The Hall–Kier alpha value is -3.68. The first-order chi connectivity index (χ1) is 14.8. The van der Waals surface area contributed by atoms with Crippen molar-refractivity contribution in [3.8, 4) is 17.2 Å². The molecule has 1 saturated heterocycles. The maximum atomic E-state index is 6.30. The van der Waals surface area contributed by atoms with Crippen LogP contribution in [0.1, 0.15) is 6.42 Å². The molecule has 0 N–H and O–H groups in total. The van der Waals surface area contributed by atoms with Crippen LogP contribution in [0.25, 0.3) is 21.9 Å². The predicted octanol–water partition coefficient (Wildman–Crippen LogP) is 3.25. The van der Waals surface area contributed by atoms with Gasteiger partial charge in [-0.3, -0.25) is 4.98 Å². The van der Waals surface area contributed by atoms with Crippen molar-refractivity contribution in [1.29, 1.82) is 0 Å². The predicted molar refractivity (Wildman–Crippen MR) is 113 cm³/mol. The van der Waals surface area contributed by atoms with Gasteiger partial charge >= 0.3 is 0 Å². The van der Waals surface area contributed by atoms with E-state index in [-0.39, 0.29) is 6.10 Å². The fourth-order valence-electron chi connectivity index (χ4n) is 3.88. The van der Waals surface area contributed by atoms with Crippen LogP contribution >= 0.6 is 0 Å². The number of fused-ring (bicyclic) bond motifs is 2. The number of nitrogens with zero attached hydrogens (tertiary/aromatic N) is 5. The number of hydrogen-bond donors (Lipinski definition) is 0. The van der Waals surface area contributed by atoms with Crippen LogP contribution in [-0.4, -0.2) is 53.3 Å². The topological polar surface area (TPSA) is 82.5 Å². The highest BCUT2D eigenvalue weighted by Gasteiger charge is 2.27. The van der Waals surface area contributed by atoms with Gasteiger partial charge in [0.05, 0.1) is 31.8 Å². The smallest absolute Gasteiger partial charge is 0.162 e. The van der Waals surface area contributed by atoms with Crippen molar-refractivity contribution in [2.45, 2.75) is 12.5 Å². The average Bonchev–Trinajstić information content (AvgIpc) is 3.26. The minimum Gasteiger partial charge on any atom is -0.493 e. The third kappa shape index (κ3) is 3.20. The quantitative estimate of drug-likeness (QED) is 0.502. The van der Waals surface area contributed by atoms with Gasteiger partial charge in [-0.05, 0) is 18.2 Å². The molecule has 0 bridgehead atoms. The van der Waals surface area contributed by atoms with Gasteiger partial charge in [-0.25, -0.2) is 15.0 Å². The van der Waals surface area contributed by atoms with Gasteiger partial charge in [-0.1, -0.05) is 6.07 Å². The molecule has 0 aliphatic carbocycles. The highest BCUT2D eigenvalue weighted by atomic mass is 16.5. The van der Waals surface area contributed by atoms with Crippen LogP contribution in [0.2, 0.25) is 0 Å². The van der Waals surface area contributed by atoms with Crippen molar-refractivity contribution in [3.63, 3.8) is 0 Å². The van der Waals surface area contributed by atoms with Crippen LogP contribution < -0.4 is 19.1 Å². The Kier molecular flexibility index (Phi) is 4.66. The number of ether oxygens (including phenoxy) is 3. The standard InChI is InChI=1S/C22H21N5O3/c1-28-19-10-15-17(11-20(19)29-2)25-13-26-22(15)27-9-6-14(12-27)30-18-5-3-4-16-21(18)24-8-7-23-16/h3-5,7-8,10-11,13-14H,6,9,12H2,1-2H3. The zero-order valence-electron chi connectivity index (χ0n) is 16.8. The largest absolute Gasteiger partial charge is 0.493 e. The third-order valence-electron chi connectivity index (χ3n) is 5.32. The van der Waals surface area contributed by atoms with Crippen molar-refractivity contribution in [3.05, 3.63) is 49.1 Å². The minimum absolute atomic E-state index is 0.0303. The monoisotopic (exact) mass is 403 g/mol. The number of aromatic nitrogens is 4. The van der Waals surface area contributed by atoms with Gasteiger partial charge in [0.25, 0.3) is 0 Å². The first-order valence-corrected chi connectivity index (χ1v) is 9.75. The molecule has 1 aliphatic rings. The fraction of sp³-hybridized carbons (Fsp3) is 0.273. The van der Waals surface area contributed by atoms with E-state index in [0.717, 1.165) is 53.0 Å². The molecule has 2 aromatic carbocycles. The summed E-state index contributed by atoms with van der Waals surface area (Å²) in [4.78, 5) is 20.0. The second kappa shape index (κ2) is 7.62. The number of hydrogen-bond acceptors (Lipinski definition) is 8.